The molecule has 0 amide bonds. The number of hydrogen-bond donors (Lipinski definition) is 3. The van der Waals surface area contributed by atoms with Gasteiger partial charge in [-0.2, -0.15) is 0 Å². The first kappa shape index (κ1) is 22.8. The molecular formula is C23H20N4O6S. The summed E-state index contributed by atoms with van der Waals surface area (Å²) in [6.07, 6.45) is 0. The number of carboxylic acid groups (broad SMARTS) is 1. The SMILES string of the molecule is COc1ccc(OC)c(Nc2nc3ccccc3nc2NS(=O)(=O)c2ccc(C(=O)O)cc2)c1. The van der Waals surface area contributed by atoms with Gasteiger partial charge in [0.1, 0.15) is 11.5 Å². The predicted octanol–water partition coefficient (Wildman–Crippen LogP) is 3.89. The van der Waals surface area contributed by atoms with Crippen LogP contribution in [0.4, 0.5) is 17.3 Å². The number of benzene rings is 3. The highest BCUT2D eigenvalue weighted by molar-refractivity contribution is 7.92. The molecule has 0 atom stereocenters. The van der Waals surface area contributed by atoms with Gasteiger partial charge in [-0.1, -0.05) is 12.1 Å². The number of fused-ring (bicyclic) bond motifs is 1. The molecule has 1 heterocycles. The Balaban J connectivity index is 1.78. The van der Waals surface area contributed by atoms with E-state index in [1.807, 2.05) is 0 Å². The number of aromatic carboxylic acids is 1. The van der Waals surface area contributed by atoms with Crippen molar-refractivity contribution >= 4 is 44.3 Å². The zero-order valence-electron chi connectivity index (χ0n) is 18.1. The standard InChI is InChI=1S/C23H20N4O6S/c1-32-15-9-12-20(33-2)19(13-15)26-21-22(25-18-6-4-3-5-17(18)24-21)27-34(30,31)16-10-7-14(8-11-16)23(28)29/h3-13H,1-2H3,(H,24,26)(H,25,27)(H,28,29). The zero-order valence-corrected chi connectivity index (χ0v) is 19.0. The molecule has 34 heavy (non-hydrogen) atoms. The van der Waals surface area contributed by atoms with Crippen LogP contribution in [0.1, 0.15) is 10.4 Å². The van der Waals surface area contributed by atoms with Crippen molar-refractivity contribution in [1.82, 2.24) is 9.97 Å². The van der Waals surface area contributed by atoms with Gasteiger partial charge in [0, 0.05) is 6.07 Å². The Hall–Kier alpha value is -4.38. The van der Waals surface area contributed by atoms with Crippen LogP contribution in [0.5, 0.6) is 11.5 Å². The molecule has 0 saturated carbocycles. The fourth-order valence-corrected chi connectivity index (χ4v) is 4.17. The summed E-state index contributed by atoms with van der Waals surface area (Å²) in [5, 5.41) is 12.1. The lowest BCUT2D eigenvalue weighted by Crippen LogP contribution is -2.16. The van der Waals surface area contributed by atoms with E-state index < -0.39 is 16.0 Å². The summed E-state index contributed by atoms with van der Waals surface area (Å²) in [4.78, 5) is 19.9. The van der Waals surface area contributed by atoms with E-state index in [9.17, 15) is 13.2 Å². The summed E-state index contributed by atoms with van der Waals surface area (Å²) in [6, 6.07) is 16.9. The molecule has 0 saturated heterocycles. The summed E-state index contributed by atoms with van der Waals surface area (Å²) in [5.74, 6) is -0.0376. The lowest BCUT2D eigenvalue weighted by atomic mass is 10.2. The number of nitrogens with zero attached hydrogens (tertiary/aromatic N) is 2. The molecule has 3 aromatic carbocycles. The molecular weight excluding hydrogens is 460 g/mol. The van der Waals surface area contributed by atoms with Gasteiger partial charge in [-0.15, -0.1) is 0 Å². The third-order valence-corrected chi connectivity index (χ3v) is 6.23. The minimum absolute atomic E-state index is 0.0306. The lowest BCUT2D eigenvalue weighted by molar-refractivity contribution is 0.0696. The van der Waals surface area contributed by atoms with Gasteiger partial charge in [-0.3, -0.25) is 4.72 Å². The van der Waals surface area contributed by atoms with Crippen molar-refractivity contribution in [1.29, 1.82) is 0 Å². The highest BCUT2D eigenvalue weighted by Gasteiger charge is 2.20. The van der Waals surface area contributed by atoms with Crippen LogP contribution in [0.25, 0.3) is 11.0 Å². The minimum Gasteiger partial charge on any atom is -0.497 e. The Morgan fingerprint density at radius 3 is 2.12 bits per heavy atom. The molecule has 0 aliphatic heterocycles. The third-order valence-electron chi connectivity index (χ3n) is 4.87. The third kappa shape index (κ3) is 4.69. The van der Waals surface area contributed by atoms with Gasteiger partial charge < -0.3 is 19.9 Å². The fourth-order valence-electron chi connectivity index (χ4n) is 3.16. The van der Waals surface area contributed by atoms with Crippen molar-refractivity contribution in [2.45, 2.75) is 4.90 Å². The van der Waals surface area contributed by atoms with Crippen LogP contribution in [0.3, 0.4) is 0 Å². The number of methoxy groups -OCH3 is 2. The monoisotopic (exact) mass is 480 g/mol. The second-order valence-electron chi connectivity index (χ2n) is 7.04. The average molecular weight is 481 g/mol. The van der Waals surface area contributed by atoms with E-state index in [2.05, 4.69) is 20.0 Å². The predicted molar refractivity (Wildman–Crippen MR) is 127 cm³/mol. The molecule has 0 unspecified atom stereocenters. The first-order chi connectivity index (χ1) is 16.3. The molecule has 0 radical (unpaired) electrons. The van der Waals surface area contributed by atoms with E-state index in [-0.39, 0.29) is 22.1 Å². The van der Waals surface area contributed by atoms with E-state index in [0.29, 0.717) is 28.2 Å². The molecule has 1 aromatic heterocycles. The molecule has 10 nitrogen and oxygen atoms in total. The van der Waals surface area contributed by atoms with Crippen LogP contribution in [0, 0.1) is 0 Å². The van der Waals surface area contributed by atoms with E-state index in [1.54, 1.807) is 42.5 Å². The Bertz CT molecular complexity index is 1470. The first-order valence-corrected chi connectivity index (χ1v) is 11.4. The number of para-hydroxylation sites is 2. The summed E-state index contributed by atoms with van der Waals surface area (Å²) in [5.41, 5.74) is 1.47. The lowest BCUT2D eigenvalue weighted by Gasteiger charge is -2.16. The molecule has 4 aromatic rings. The molecule has 0 bridgehead atoms. The van der Waals surface area contributed by atoms with Crippen molar-refractivity contribution in [2.75, 3.05) is 24.3 Å². The van der Waals surface area contributed by atoms with E-state index in [4.69, 9.17) is 14.6 Å². The summed E-state index contributed by atoms with van der Waals surface area (Å²) >= 11 is 0. The quantitative estimate of drug-likeness (QED) is 0.343. The van der Waals surface area contributed by atoms with Crippen LogP contribution in [-0.4, -0.2) is 43.7 Å². The molecule has 4 rings (SSSR count). The highest BCUT2D eigenvalue weighted by Crippen LogP contribution is 2.34. The van der Waals surface area contributed by atoms with Crippen LogP contribution >= 0.6 is 0 Å². The average Bonchev–Trinajstić information content (AvgIpc) is 2.84. The molecule has 0 fully saturated rings. The summed E-state index contributed by atoms with van der Waals surface area (Å²) < 4.78 is 39.2. The maximum absolute atomic E-state index is 13.0. The summed E-state index contributed by atoms with van der Waals surface area (Å²) in [6.45, 7) is 0. The van der Waals surface area contributed by atoms with Crippen LogP contribution in [-0.2, 0) is 10.0 Å². The highest BCUT2D eigenvalue weighted by atomic mass is 32.2. The number of hydrogen-bond acceptors (Lipinski definition) is 8. The zero-order chi connectivity index (χ0) is 24.3. The van der Waals surface area contributed by atoms with Gasteiger partial charge in [0.2, 0.25) is 0 Å². The summed E-state index contributed by atoms with van der Waals surface area (Å²) in [7, 11) is -1.08. The van der Waals surface area contributed by atoms with Crippen LogP contribution in [0.2, 0.25) is 0 Å². The largest absolute Gasteiger partial charge is 0.497 e. The minimum atomic E-state index is -4.11. The molecule has 0 spiro atoms. The van der Waals surface area contributed by atoms with Gasteiger partial charge >= 0.3 is 5.97 Å². The Labute approximate surface area is 195 Å². The van der Waals surface area contributed by atoms with Gasteiger partial charge in [0.25, 0.3) is 10.0 Å². The molecule has 3 N–H and O–H groups in total. The number of sulfonamides is 1. The number of ether oxygens (including phenoxy) is 2. The Morgan fingerprint density at radius 1 is 0.882 bits per heavy atom. The normalized spacial score (nSPS) is 11.1. The number of nitrogens with one attached hydrogen (secondary N) is 2. The first-order valence-electron chi connectivity index (χ1n) is 9.93. The second kappa shape index (κ2) is 9.24. The van der Waals surface area contributed by atoms with Crippen molar-refractivity contribution < 1.29 is 27.8 Å². The van der Waals surface area contributed by atoms with Gasteiger partial charge in [0.15, 0.2) is 11.6 Å². The maximum Gasteiger partial charge on any atom is 0.335 e. The van der Waals surface area contributed by atoms with E-state index >= 15 is 0 Å². The molecule has 0 aliphatic rings. The maximum atomic E-state index is 13.0. The number of aromatic nitrogens is 2. The fraction of sp³-hybridized carbons (Fsp3) is 0.0870. The number of rotatable bonds is 8. The van der Waals surface area contributed by atoms with E-state index in [1.165, 1.54) is 38.5 Å². The smallest absolute Gasteiger partial charge is 0.335 e. The van der Waals surface area contributed by atoms with Crippen molar-refractivity contribution in [2.24, 2.45) is 0 Å². The van der Waals surface area contributed by atoms with E-state index in [0.717, 1.165) is 0 Å². The number of carboxylic acids is 1. The number of carbonyl (C=O) groups is 1. The van der Waals surface area contributed by atoms with Gasteiger partial charge in [-0.25, -0.2) is 23.2 Å². The molecule has 174 valence electrons. The molecule has 11 heteroatoms. The topological polar surface area (TPSA) is 140 Å². The Morgan fingerprint density at radius 2 is 1.53 bits per heavy atom. The van der Waals surface area contributed by atoms with Crippen LogP contribution in [0.15, 0.2) is 71.6 Å². The second-order valence-corrected chi connectivity index (χ2v) is 8.72. The van der Waals surface area contributed by atoms with Crippen LogP contribution < -0.4 is 19.5 Å². The van der Waals surface area contributed by atoms with Crippen molar-refractivity contribution in [3.8, 4) is 11.5 Å². The Kier molecular flexibility index (Phi) is 6.19. The van der Waals surface area contributed by atoms with Gasteiger partial charge in [-0.05, 0) is 48.5 Å². The van der Waals surface area contributed by atoms with Gasteiger partial charge in [0.05, 0.1) is 41.4 Å². The number of anilines is 3. The van der Waals surface area contributed by atoms with Crippen molar-refractivity contribution in [3.05, 3.63) is 72.3 Å². The molecule has 0 aliphatic carbocycles. The van der Waals surface area contributed by atoms with Crippen molar-refractivity contribution in [3.63, 3.8) is 0 Å².